The van der Waals surface area contributed by atoms with Crippen molar-refractivity contribution in [2.45, 2.75) is 25.2 Å². The molecule has 1 heterocycles. The standard InChI is InChI=1S/C13H12BrNO/c14-9-4-5-10-11-3-1-2-8(7-16)13(11)15-12(10)6-9/h4-8,15H,1-3H2. The molecular formula is C13H12BrNO. The molecule has 0 aliphatic heterocycles. The van der Waals surface area contributed by atoms with Crippen molar-refractivity contribution in [3.8, 4) is 0 Å². The molecule has 0 bridgehead atoms. The summed E-state index contributed by atoms with van der Waals surface area (Å²) in [6.45, 7) is 0. The molecule has 0 spiro atoms. The number of aromatic amines is 1. The van der Waals surface area contributed by atoms with Crippen LogP contribution in [0.1, 0.15) is 30.0 Å². The lowest BCUT2D eigenvalue weighted by atomic mass is 9.88. The van der Waals surface area contributed by atoms with Gasteiger partial charge in [0.1, 0.15) is 6.29 Å². The van der Waals surface area contributed by atoms with Crippen molar-refractivity contribution in [2.75, 3.05) is 0 Å². The molecule has 1 aromatic carbocycles. The second kappa shape index (κ2) is 3.74. The van der Waals surface area contributed by atoms with Crippen LogP contribution < -0.4 is 0 Å². The van der Waals surface area contributed by atoms with E-state index in [0.29, 0.717) is 0 Å². The van der Waals surface area contributed by atoms with Gasteiger partial charge in [0, 0.05) is 21.1 Å². The Balaban J connectivity index is 2.27. The third-order valence-electron chi connectivity index (χ3n) is 3.38. The topological polar surface area (TPSA) is 32.9 Å². The van der Waals surface area contributed by atoms with Gasteiger partial charge in [-0.1, -0.05) is 22.0 Å². The predicted molar refractivity (Wildman–Crippen MR) is 67.7 cm³/mol. The minimum Gasteiger partial charge on any atom is -0.358 e. The number of fused-ring (bicyclic) bond motifs is 3. The molecule has 1 atom stereocenters. The van der Waals surface area contributed by atoms with Crippen molar-refractivity contribution < 1.29 is 4.79 Å². The predicted octanol–water partition coefficient (Wildman–Crippen LogP) is 3.55. The fourth-order valence-electron chi connectivity index (χ4n) is 2.61. The van der Waals surface area contributed by atoms with Crippen LogP contribution in [0.5, 0.6) is 0 Å². The molecule has 0 radical (unpaired) electrons. The number of aromatic nitrogens is 1. The molecule has 3 rings (SSSR count). The number of aryl methyl sites for hydroxylation is 1. The highest BCUT2D eigenvalue weighted by Gasteiger charge is 2.23. The number of hydrogen-bond acceptors (Lipinski definition) is 1. The average molecular weight is 278 g/mol. The number of carbonyl (C=O) groups is 1. The molecule has 0 saturated heterocycles. The number of hydrogen-bond donors (Lipinski definition) is 1. The van der Waals surface area contributed by atoms with Gasteiger partial charge in [-0.05, 0) is 37.0 Å². The molecule has 1 aromatic heterocycles. The molecule has 0 saturated carbocycles. The van der Waals surface area contributed by atoms with Gasteiger partial charge in [0.05, 0.1) is 5.92 Å². The van der Waals surface area contributed by atoms with E-state index in [4.69, 9.17) is 0 Å². The number of halogens is 1. The Hall–Kier alpha value is -1.09. The van der Waals surface area contributed by atoms with Gasteiger partial charge in [-0.3, -0.25) is 0 Å². The van der Waals surface area contributed by atoms with Gasteiger partial charge in [-0.25, -0.2) is 0 Å². The van der Waals surface area contributed by atoms with Crippen LogP contribution in [0.3, 0.4) is 0 Å². The van der Waals surface area contributed by atoms with Crippen LogP contribution in [-0.2, 0) is 11.2 Å². The summed E-state index contributed by atoms with van der Waals surface area (Å²) in [5.74, 6) is 0.0647. The molecule has 2 nitrogen and oxygen atoms in total. The molecule has 3 heteroatoms. The first-order chi connectivity index (χ1) is 7.79. The first-order valence-electron chi connectivity index (χ1n) is 5.55. The van der Waals surface area contributed by atoms with Gasteiger partial charge in [0.2, 0.25) is 0 Å². The lowest BCUT2D eigenvalue weighted by Crippen LogP contribution is -2.09. The molecular weight excluding hydrogens is 266 g/mol. The summed E-state index contributed by atoms with van der Waals surface area (Å²) in [5, 5.41) is 1.27. The first-order valence-corrected chi connectivity index (χ1v) is 6.34. The van der Waals surface area contributed by atoms with Gasteiger partial charge in [0.25, 0.3) is 0 Å². The van der Waals surface area contributed by atoms with E-state index in [1.165, 1.54) is 10.9 Å². The van der Waals surface area contributed by atoms with Crippen LogP contribution in [-0.4, -0.2) is 11.3 Å². The molecule has 16 heavy (non-hydrogen) atoms. The van der Waals surface area contributed by atoms with Crippen LogP contribution in [0.4, 0.5) is 0 Å². The van der Waals surface area contributed by atoms with Crippen LogP contribution in [0.2, 0.25) is 0 Å². The summed E-state index contributed by atoms with van der Waals surface area (Å²) in [6, 6.07) is 6.26. The normalized spacial score (nSPS) is 19.7. The minimum absolute atomic E-state index is 0.0647. The second-order valence-electron chi connectivity index (χ2n) is 4.34. The Morgan fingerprint density at radius 3 is 3.12 bits per heavy atom. The summed E-state index contributed by atoms with van der Waals surface area (Å²) in [6.07, 6.45) is 4.24. The van der Waals surface area contributed by atoms with E-state index in [1.807, 2.05) is 0 Å². The Morgan fingerprint density at radius 2 is 2.31 bits per heavy atom. The number of aldehydes is 1. The maximum Gasteiger partial charge on any atom is 0.128 e. The van der Waals surface area contributed by atoms with Crippen LogP contribution in [0, 0.1) is 0 Å². The summed E-state index contributed by atoms with van der Waals surface area (Å²) in [4.78, 5) is 14.4. The molecule has 0 fully saturated rings. The van der Waals surface area contributed by atoms with Crippen molar-refractivity contribution in [3.05, 3.63) is 33.9 Å². The van der Waals surface area contributed by atoms with E-state index < -0.39 is 0 Å². The van der Waals surface area contributed by atoms with Crippen molar-refractivity contribution in [1.82, 2.24) is 4.98 Å². The molecule has 1 N–H and O–H groups in total. The number of benzene rings is 1. The first kappa shape index (κ1) is 10.1. The molecule has 1 unspecified atom stereocenters. The monoisotopic (exact) mass is 277 g/mol. The third-order valence-corrected chi connectivity index (χ3v) is 3.87. The Labute approximate surface area is 102 Å². The highest BCUT2D eigenvalue weighted by Crippen LogP contribution is 2.35. The Morgan fingerprint density at radius 1 is 1.44 bits per heavy atom. The van der Waals surface area contributed by atoms with E-state index in [0.717, 1.165) is 41.2 Å². The lowest BCUT2D eigenvalue weighted by molar-refractivity contribution is -0.109. The third kappa shape index (κ3) is 1.42. The van der Waals surface area contributed by atoms with Crippen LogP contribution >= 0.6 is 15.9 Å². The molecule has 2 aromatic rings. The summed E-state index contributed by atoms with van der Waals surface area (Å²) in [7, 11) is 0. The summed E-state index contributed by atoms with van der Waals surface area (Å²) < 4.78 is 1.07. The quantitative estimate of drug-likeness (QED) is 0.795. The van der Waals surface area contributed by atoms with Crippen molar-refractivity contribution in [1.29, 1.82) is 0 Å². The van der Waals surface area contributed by atoms with E-state index in [9.17, 15) is 4.79 Å². The van der Waals surface area contributed by atoms with Gasteiger partial charge in [-0.2, -0.15) is 0 Å². The van der Waals surface area contributed by atoms with Crippen LogP contribution in [0.15, 0.2) is 22.7 Å². The molecule has 0 amide bonds. The minimum atomic E-state index is 0.0647. The Kier molecular flexibility index (Phi) is 2.36. The maximum absolute atomic E-state index is 11.0. The second-order valence-corrected chi connectivity index (χ2v) is 5.26. The highest BCUT2D eigenvalue weighted by atomic mass is 79.9. The van der Waals surface area contributed by atoms with E-state index in [-0.39, 0.29) is 5.92 Å². The smallest absolute Gasteiger partial charge is 0.128 e. The number of nitrogens with one attached hydrogen (secondary N) is 1. The van der Waals surface area contributed by atoms with Crippen molar-refractivity contribution >= 4 is 33.1 Å². The van der Waals surface area contributed by atoms with E-state index in [2.05, 4.69) is 39.1 Å². The van der Waals surface area contributed by atoms with Crippen molar-refractivity contribution in [3.63, 3.8) is 0 Å². The lowest BCUT2D eigenvalue weighted by Gasteiger charge is -2.17. The van der Waals surface area contributed by atoms with Gasteiger partial charge in [0.15, 0.2) is 0 Å². The zero-order valence-electron chi connectivity index (χ0n) is 8.79. The average Bonchev–Trinajstić information content (AvgIpc) is 2.65. The van der Waals surface area contributed by atoms with Crippen LogP contribution in [0.25, 0.3) is 10.9 Å². The number of rotatable bonds is 1. The largest absolute Gasteiger partial charge is 0.358 e. The molecule has 1 aliphatic rings. The maximum atomic E-state index is 11.0. The van der Waals surface area contributed by atoms with Crippen molar-refractivity contribution in [2.24, 2.45) is 0 Å². The van der Waals surface area contributed by atoms with Gasteiger partial charge in [-0.15, -0.1) is 0 Å². The fraction of sp³-hybridized carbons (Fsp3) is 0.308. The number of carbonyl (C=O) groups excluding carboxylic acids is 1. The zero-order chi connectivity index (χ0) is 11.1. The zero-order valence-corrected chi connectivity index (χ0v) is 10.4. The fourth-order valence-corrected chi connectivity index (χ4v) is 2.97. The van der Waals surface area contributed by atoms with E-state index in [1.54, 1.807) is 0 Å². The highest BCUT2D eigenvalue weighted by molar-refractivity contribution is 9.10. The van der Waals surface area contributed by atoms with Gasteiger partial charge < -0.3 is 9.78 Å². The van der Waals surface area contributed by atoms with E-state index >= 15 is 0 Å². The number of H-pyrrole nitrogens is 1. The summed E-state index contributed by atoms with van der Waals surface area (Å²) >= 11 is 3.47. The SMILES string of the molecule is O=CC1CCCc2c1[nH]c1cc(Br)ccc21. The summed E-state index contributed by atoms with van der Waals surface area (Å²) in [5.41, 5.74) is 3.60. The molecule has 1 aliphatic carbocycles. The van der Waals surface area contributed by atoms with Gasteiger partial charge >= 0.3 is 0 Å². The Bertz CT molecular complexity index is 558. The molecule has 82 valence electrons.